The van der Waals surface area contributed by atoms with Gasteiger partial charge >= 0.3 is 0 Å². The van der Waals surface area contributed by atoms with Gasteiger partial charge in [-0.1, -0.05) is 11.3 Å². The molecule has 2 aromatic rings. The van der Waals surface area contributed by atoms with Gasteiger partial charge in [0.1, 0.15) is 12.0 Å². The fraction of sp³-hybridized carbons (Fsp3) is 0.100. The van der Waals surface area contributed by atoms with Crippen molar-refractivity contribution < 1.29 is 9.72 Å². The van der Waals surface area contributed by atoms with E-state index >= 15 is 0 Å². The highest BCUT2D eigenvalue weighted by atomic mass is 79.9. The third kappa shape index (κ3) is 3.08. The maximum absolute atomic E-state index is 12.1. The van der Waals surface area contributed by atoms with Crippen LogP contribution in [-0.2, 0) is 0 Å². The van der Waals surface area contributed by atoms with E-state index in [4.69, 9.17) is 0 Å². The maximum Gasteiger partial charge on any atom is 0.288 e. The van der Waals surface area contributed by atoms with E-state index in [0.717, 1.165) is 16.0 Å². The molecule has 0 fully saturated rings. The SMILES string of the molecule is CNc1ncc([N+](=O)[O-])cc1C(=O)Nc1ncc(Br)s1. The topological polar surface area (TPSA) is 110 Å². The van der Waals surface area contributed by atoms with Crippen LogP contribution in [0.15, 0.2) is 22.2 Å². The van der Waals surface area contributed by atoms with Crippen LogP contribution >= 0.6 is 27.3 Å². The summed E-state index contributed by atoms with van der Waals surface area (Å²) < 4.78 is 0.763. The lowest BCUT2D eigenvalue weighted by Gasteiger charge is -2.07. The summed E-state index contributed by atoms with van der Waals surface area (Å²) in [4.78, 5) is 30.0. The van der Waals surface area contributed by atoms with Gasteiger partial charge in [0.25, 0.3) is 11.6 Å². The molecule has 10 heteroatoms. The third-order valence-corrected chi connectivity index (χ3v) is 3.66. The highest BCUT2D eigenvalue weighted by molar-refractivity contribution is 9.11. The highest BCUT2D eigenvalue weighted by Crippen LogP contribution is 2.25. The van der Waals surface area contributed by atoms with Crippen LogP contribution in [-0.4, -0.2) is 27.8 Å². The van der Waals surface area contributed by atoms with Gasteiger partial charge in [0.15, 0.2) is 5.13 Å². The average Bonchev–Trinajstić information content (AvgIpc) is 2.83. The normalized spacial score (nSPS) is 10.1. The zero-order valence-corrected chi connectivity index (χ0v) is 12.5. The molecule has 2 N–H and O–H groups in total. The Kier molecular flexibility index (Phi) is 4.25. The molecule has 2 aromatic heterocycles. The summed E-state index contributed by atoms with van der Waals surface area (Å²) in [5.41, 5.74) is -0.178. The van der Waals surface area contributed by atoms with Gasteiger partial charge in [-0.2, -0.15) is 0 Å². The van der Waals surface area contributed by atoms with Crippen molar-refractivity contribution in [3.63, 3.8) is 0 Å². The highest BCUT2D eigenvalue weighted by Gasteiger charge is 2.18. The quantitative estimate of drug-likeness (QED) is 0.642. The van der Waals surface area contributed by atoms with Crippen LogP contribution in [0.2, 0.25) is 0 Å². The van der Waals surface area contributed by atoms with Crippen molar-refractivity contribution in [2.75, 3.05) is 17.7 Å². The number of hydrogen-bond acceptors (Lipinski definition) is 7. The second-order valence-corrected chi connectivity index (χ2v) is 5.93. The number of rotatable bonds is 4. The summed E-state index contributed by atoms with van der Waals surface area (Å²) >= 11 is 4.46. The van der Waals surface area contributed by atoms with Gasteiger partial charge in [-0.25, -0.2) is 9.97 Å². The Hall–Kier alpha value is -2.07. The molecule has 0 saturated heterocycles. The van der Waals surface area contributed by atoms with Crippen LogP contribution in [0.4, 0.5) is 16.6 Å². The lowest BCUT2D eigenvalue weighted by molar-refractivity contribution is -0.385. The van der Waals surface area contributed by atoms with Crippen molar-refractivity contribution in [3.8, 4) is 0 Å². The number of anilines is 2. The first-order valence-electron chi connectivity index (χ1n) is 5.26. The number of halogens is 1. The standard InChI is InChI=1S/C10H8BrN5O3S/c1-12-8-6(2-5(3-13-8)16(18)19)9(17)15-10-14-4-7(11)20-10/h2-4H,1H3,(H,12,13)(H,14,15,17). The fourth-order valence-electron chi connectivity index (χ4n) is 1.40. The van der Waals surface area contributed by atoms with E-state index in [2.05, 4.69) is 36.5 Å². The van der Waals surface area contributed by atoms with Crippen molar-refractivity contribution in [1.82, 2.24) is 9.97 Å². The molecule has 2 heterocycles. The molecule has 0 aliphatic heterocycles. The van der Waals surface area contributed by atoms with Gasteiger partial charge in [-0.3, -0.25) is 20.2 Å². The fourth-order valence-corrected chi connectivity index (χ4v) is 2.50. The molecule has 0 radical (unpaired) electrons. The molecule has 0 spiro atoms. The number of amides is 1. The number of nitro groups is 1. The van der Waals surface area contributed by atoms with Crippen LogP contribution in [0, 0.1) is 10.1 Å². The number of thiazole rings is 1. The second kappa shape index (κ2) is 5.92. The monoisotopic (exact) mass is 357 g/mol. The van der Waals surface area contributed by atoms with Crippen LogP contribution in [0.1, 0.15) is 10.4 Å². The first-order chi connectivity index (χ1) is 9.51. The van der Waals surface area contributed by atoms with Crippen LogP contribution in [0.5, 0.6) is 0 Å². The molecule has 0 atom stereocenters. The van der Waals surface area contributed by atoms with E-state index in [1.165, 1.54) is 11.3 Å². The van der Waals surface area contributed by atoms with E-state index < -0.39 is 10.8 Å². The molecule has 0 bridgehead atoms. The Bertz CT molecular complexity index is 675. The molecule has 0 aliphatic rings. The summed E-state index contributed by atoms with van der Waals surface area (Å²) in [7, 11) is 1.57. The average molecular weight is 358 g/mol. The minimum absolute atomic E-state index is 0.0769. The van der Waals surface area contributed by atoms with E-state index in [1.54, 1.807) is 13.2 Å². The first kappa shape index (κ1) is 14.3. The van der Waals surface area contributed by atoms with Gasteiger partial charge < -0.3 is 5.32 Å². The summed E-state index contributed by atoms with van der Waals surface area (Å²) in [6.45, 7) is 0. The first-order valence-corrected chi connectivity index (χ1v) is 6.87. The molecule has 8 nitrogen and oxygen atoms in total. The van der Waals surface area contributed by atoms with Gasteiger partial charge in [-0.15, -0.1) is 0 Å². The number of nitrogens with zero attached hydrogens (tertiary/aromatic N) is 3. The van der Waals surface area contributed by atoms with E-state index in [0.29, 0.717) is 5.13 Å². The number of carbonyl (C=O) groups excluding carboxylic acids is 1. The van der Waals surface area contributed by atoms with E-state index in [1.807, 2.05) is 0 Å². The minimum atomic E-state index is -0.608. The molecule has 104 valence electrons. The third-order valence-electron chi connectivity index (χ3n) is 2.26. The van der Waals surface area contributed by atoms with Crippen molar-refractivity contribution in [2.24, 2.45) is 0 Å². The van der Waals surface area contributed by atoms with Gasteiger partial charge in [0.05, 0.1) is 20.5 Å². The number of hydrogen-bond donors (Lipinski definition) is 2. The van der Waals surface area contributed by atoms with Crippen molar-refractivity contribution >= 4 is 49.8 Å². The Morgan fingerprint density at radius 1 is 1.45 bits per heavy atom. The number of aromatic nitrogens is 2. The number of nitrogens with one attached hydrogen (secondary N) is 2. The Morgan fingerprint density at radius 2 is 2.20 bits per heavy atom. The van der Waals surface area contributed by atoms with Crippen LogP contribution in [0.3, 0.4) is 0 Å². The zero-order valence-electron chi connectivity index (χ0n) is 10.1. The summed E-state index contributed by atoms with van der Waals surface area (Å²) in [6.07, 6.45) is 2.63. The van der Waals surface area contributed by atoms with Gasteiger partial charge in [0, 0.05) is 13.1 Å². The van der Waals surface area contributed by atoms with Gasteiger partial charge in [0.2, 0.25) is 0 Å². The van der Waals surface area contributed by atoms with E-state index in [9.17, 15) is 14.9 Å². The Morgan fingerprint density at radius 3 is 2.75 bits per heavy atom. The van der Waals surface area contributed by atoms with Crippen LogP contribution in [0.25, 0.3) is 0 Å². The lowest BCUT2D eigenvalue weighted by Crippen LogP contribution is -2.15. The Labute approximate surface area is 125 Å². The number of pyridine rings is 1. The largest absolute Gasteiger partial charge is 0.372 e. The minimum Gasteiger partial charge on any atom is -0.372 e. The molecule has 1 amide bonds. The molecule has 2 rings (SSSR count). The molecule has 20 heavy (non-hydrogen) atoms. The summed E-state index contributed by atoms with van der Waals surface area (Å²) in [5, 5.41) is 16.4. The predicted octanol–water partition coefficient (Wildman–Crippen LogP) is 2.50. The predicted molar refractivity (Wildman–Crippen MR) is 78.2 cm³/mol. The molecule has 0 aromatic carbocycles. The molecular formula is C10H8BrN5O3S. The second-order valence-electron chi connectivity index (χ2n) is 3.52. The van der Waals surface area contributed by atoms with Crippen molar-refractivity contribution in [2.45, 2.75) is 0 Å². The maximum atomic E-state index is 12.1. The smallest absolute Gasteiger partial charge is 0.288 e. The summed E-state index contributed by atoms with van der Waals surface area (Å²) in [5.74, 6) is -0.267. The molecular weight excluding hydrogens is 350 g/mol. The zero-order chi connectivity index (χ0) is 14.7. The lowest BCUT2D eigenvalue weighted by atomic mass is 10.2. The Balaban J connectivity index is 2.32. The van der Waals surface area contributed by atoms with E-state index in [-0.39, 0.29) is 17.1 Å². The summed E-state index contributed by atoms with van der Waals surface area (Å²) in [6, 6.07) is 1.16. The van der Waals surface area contributed by atoms with Crippen LogP contribution < -0.4 is 10.6 Å². The molecule has 0 aliphatic carbocycles. The van der Waals surface area contributed by atoms with Crippen molar-refractivity contribution in [3.05, 3.63) is 37.9 Å². The molecule has 0 saturated carbocycles. The number of carbonyl (C=O) groups is 1. The van der Waals surface area contributed by atoms with Gasteiger partial charge in [-0.05, 0) is 15.9 Å². The molecule has 0 unspecified atom stereocenters. The van der Waals surface area contributed by atoms with Crippen molar-refractivity contribution in [1.29, 1.82) is 0 Å².